The molecule has 1 aliphatic heterocycles. The maximum Gasteiger partial charge on any atom is 0.228 e. The Bertz CT molecular complexity index is 1430. The number of piperazine rings is 1. The summed E-state index contributed by atoms with van der Waals surface area (Å²) >= 11 is 0. The molecule has 8 nitrogen and oxygen atoms in total. The number of nitrogens with one attached hydrogen (secondary N) is 1. The number of aromatic nitrogens is 3. The van der Waals surface area contributed by atoms with Gasteiger partial charge in [0.2, 0.25) is 5.95 Å². The quantitative estimate of drug-likeness (QED) is 0.379. The molecule has 3 heterocycles. The highest BCUT2D eigenvalue weighted by Gasteiger charge is 2.26. The van der Waals surface area contributed by atoms with Crippen LogP contribution in [0.4, 0.5) is 17.5 Å². The van der Waals surface area contributed by atoms with Crippen LogP contribution in [0.1, 0.15) is 22.4 Å². The first-order chi connectivity index (χ1) is 18.7. The van der Waals surface area contributed by atoms with Gasteiger partial charge in [-0.3, -0.25) is 4.98 Å². The number of hydrogen-bond acceptors (Lipinski definition) is 8. The van der Waals surface area contributed by atoms with E-state index in [1.807, 2.05) is 48.8 Å². The summed E-state index contributed by atoms with van der Waals surface area (Å²) in [6, 6.07) is 19.5. The molecule has 6 rings (SSSR count). The number of benzene rings is 2. The number of pyridine rings is 1. The van der Waals surface area contributed by atoms with E-state index in [9.17, 15) is 5.11 Å². The summed E-state index contributed by atoms with van der Waals surface area (Å²) < 4.78 is 5.30. The van der Waals surface area contributed by atoms with Gasteiger partial charge in [-0.05, 0) is 66.1 Å². The molecule has 0 radical (unpaired) electrons. The van der Waals surface area contributed by atoms with Crippen LogP contribution in [0.2, 0.25) is 0 Å². The molecule has 0 amide bonds. The van der Waals surface area contributed by atoms with Gasteiger partial charge in [-0.15, -0.1) is 0 Å². The minimum Gasteiger partial charge on any atom is -0.508 e. The average molecular weight is 507 g/mol. The molecule has 1 aliphatic carbocycles. The molecule has 2 aliphatic rings. The van der Waals surface area contributed by atoms with Crippen molar-refractivity contribution in [2.75, 3.05) is 48.4 Å². The number of phenolic OH excluding ortho intramolecular Hbond substituents is 1. The van der Waals surface area contributed by atoms with Gasteiger partial charge in [0.15, 0.2) is 0 Å². The molecular weight excluding hydrogens is 476 g/mol. The number of hydrogen-bond donors (Lipinski definition) is 2. The molecule has 8 heteroatoms. The SMILES string of the molecule is COc1ccc(CNc2nc(N3CCN(c4ccc(O)cc4)CC3)nc3c2CC=C3c2ccncc2)cc1. The Kier molecular flexibility index (Phi) is 6.52. The molecular formula is C30H30N6O2. The number of fused-ring (bicyclic) bond motifs is 1. The Morgan fingerprint density at radius 2 is 1.58 bits per heavy atom. The topological polar surface area (TPSA) is 86.6 Å². The van der Waals surface area contributed by atoms with Crippen LogP contribution >= 0.6 is 0 Å². The second kappa shape index (κ2) is 10.4. The maximum atomic E-state index is 9.63. The number of anilines is 3. The van der Waals surface area contributed by atoms with Gasteiger partial charge in [-0.25, -0.2) is 4.98 Å². The zero-order chi connectivity index (χ0) is 25.9. The molecule has 192 valence electrons. The van der Waals surface area contributed by atoms with E-state index < -0.39 is 0 Å². The van der Waals surface area contributed by atoms with Crippen molar-refractivity contribution in [3.63, 3.8) is 0 Å². The summed E-state index contributed by atoms with van der Waals surface area (Å²) in [5.74, 6) is 2.75. The van der Waals surface area contributed by atoms with Gasteiger partial charge in [0.05, 0.1) is 12.8 Å². The summed E-state index contributed by atoms with van der Waals surface area (Å²) in [6.07, 6.45) is 6.66. The number of aromatic hydroxyl groups is 1. The largest absolute Gasteiger partial charge is 0.508 e. The summed E-state index contributed by atoms with van der Waals surface area (Å²) in [6.45, 7) is 3.99. The lowest BCUT2D eigenvalue weighted by Gasteiger charge is -2.36. The number of nitrogens with zero attached hydrogens (tertiary/aromatic N) is 5. The molecule has 0 spiro atoms. The van der Waals surface area contributed by atoms with Crippen molar-refractivity contribution in [1.29, 1.82) is 0 Å². The van der Waals surface area contributed by atoms with Crippen LogP contribution in [-0.2, 0) is 13.0 Å². The molecule has 4 aromatic rings. The van der Waals surface area contributed by atoms with Crippen LogP contribution in [0.3, 0.4) is 0 Å². The molecule has 2 aromatic carbocycles. The van der Waals surface area contributed by atoms with Crippen LogP contribution < -0.4 is 19.9 Å². The van der Waals surface area contributed by atoms with Crippen molar-refractivity contribution in [3.8, 4) is 11.5 Å². The third-order valence-electron chi connectivity index (χ3n) is 7.15. The number of phenols is 1. The van der Waals surface area contributed by atoms with Crippen molar-refractivity contribution < 1.29 is 9.84 Å². The molecule has 38 heavy (non-hydrogen) atoms. The highest BCUT2D eigenvalue weighted by Crippen LogP contribution is 2.36. The lowest BCUT2D eigenvalue weighted by molar-refractivity contribution is 0.414. The Labute approximate surface area is 222 Å². The van der Waals surface area contributed by atoms with E-state index in [1.165, 1.54) is 0 Å². The van der Waals surface area contributed by atoms with Crippen molar-refractivity contribution in [2.24, 2.45) is 0 Å². The first-order valence-electron chi connectivity index (χ1n) is 12.9. The predicted octanol–water partition coefficient (Wildman–Crippen LogP) is 4.51. The predicted molar refractivity (Wildman–Crippen MR) is 150 cm³/mol. The third kappa shape index (κ3) is 4.85. The fourth-order valence-corrected chi connectivity index (χ4v) is 5.02. The van der Waals surface area contributed by atoms with E-state index in [1.54, 1.807) is 19.2 Å². The van der Waals surface area contributed by atoms with Crippen molar-refractivity contribution in [2.45, 2.75) is 13.0 Å². The summed E-state index contributed by atoms with van der Waals surface area (Å²) in [7, 11) is 1.68. The molecule has 0 atom stereocenters. The van der Waals surface area contributed by atoms with Crippen LogP contribution in [0, 0.1) is 0 Å². The van der Waals surface area contributed by atoms with Gasteiger partial charge in [0, 0.05) is 61.9 Å². The fraction of sp³-hybridized carbons (Fsp3) is 0.233. The van der Waals surface area contributed by atoms with Crippen molar-refractivity contribution in [3.05, 3.63) is 102 Å². The second-order valence-corrected chi connectivity index (χ2v) is 9.45. The van der Waals surface area contributed by atoms with E-state index in [0.29, 0.717) is 6.54 Å². The summed E-state index contributed by atoms with van der Waals surface area (Å²) in [5, 5.41) is 13.2. The van der Waals surface area contributed by atoms with Gasteiger partial charge < -0.3 is 25.0 Å². The van der Waals surface area contributed by atoms with Gasteiger partial charge in [-0.1, -0.05) is 18.2 Å². The first kappa shape index (κ1) is 23.8. The van der Waals surface area contributed by atoms with Gasteiger partial charge in [-0.2, -0.15) is 4.98 Å². The molecule has 0 saturated carbocycles. The van der Waals surface area contributed by atoms with Crippen LogP contribution in [0.15, 0.2) is 79.1 Å². The standard InChI is InChI=1S/C30H30N6O2/c1-38-25-8-2-21(3-9-25)20-32-29-27-11-10-26(22-12-14-31-15-13-22)28(27)33-30(34-29)36-18-16-35(17-19-36)23-4-6-24(37)7-5-23/h2-10,12-15,37H,11,16-20H2,1H3,(H,32,33,34). The smallest absolute Gasteiger partial charge is 0.228 e. The van der Waals surface area contributed by atoms with E-state index in [0.717, 1.165) is 83.8 Å². The average Bonchev–Trinajstić information content (AvgIpc) is 3.41. The molecule has 0 bridgehead atoms. The highest BCUT2D eigenvalue weighted by atomic mass is 16.5. The molecule has 2 N–H and O–H groups in total. The van der Waals surface area contributed by atoms with E-state index >= 15 is 0 Å². The van der Waals surface area contributed by atoms with Gasteiger partial charge in [0.25, 0.3) is 0 Å². The van der Waals surface area contributed by atoms with Crippen molar-refractivity contribution in [1.82, 2.24) is 15.0 Å². The molecule has 2 aromatic heterocycles. The Balaban J connectivity index is 1.27. The maximum absolute atomic E-state index is 9.63. The summed E-state index contributed by atoms with van der Waals surface area (Å²) in [4.78, 5) is 18.9. The number of rotatable bonds is 7. The number of methoxy groups -OCH3 is 1. The summed E-state index contributed by atoms with van der Waals surface area (Å²) in [5.41, 5.74) is 6.61. The van der Waals surface area contributed by atoms with Gasteiger partial charge in [0.1, 0.15) is 17.3 Å². The Morgan fingerprint density at radius 3 is 2.29 bits per heavy atom. The second-order valence-electron chi connectivity index (χ2n) is 9.45. The zero-order valence-corrected chi connectivity index (χ0v) is 21.3. The van der Waals surface area contributed by atoms with Crippen LogP contribution in [0.25, 0.3) is 5.57 Å². The van der Waals surface area contributed by atoms with Crippen LogP contribution in [-0.4, -0.2) is 53.3 Å². The Hall–Kier alpha value is -4.59. The number of allylic oxidation sites excluding steroid dienone is 1. The highest BCUT2D eigenvalue weighted by molar-refractivity contribution is 5.85. The monoisotopic (exact) mass is 506 g/mol. The zero-order valence-electron chi connectivity index (χ0n) is 21.3. The number of ether oxygens (including phenoxy) is 1. The van der Waals surface area contributed by atoms with Gasteiger partial charge >= 0.3 is 0 Å². The minimum atomic E-state index is 0.284. The molecule has 1 saturated heterocycles. The van der Waals surface area contributed by atoms with Crippen LogP contribution in [0.5, 0.6) is 11.5 Å². The van der Waals surface area contributed by atoms with E-state index in [-0.39, 0.29) is 5.75 Å². The van der Waals surface area contributed by atoms with E-state index in [4.69, 9.17) is 14.7 Å². The lowest BCUT2D eigenvalue weighted by Crippen LogP contribution is -2.47. The normalized spacial score (nSPS) is 14.7. The minimum absolute atomic E-state index is 0.284. The third-order valence-corrected chi connectivity index (χ3v) is 7.15. The first-order valence-corrected chi connectivity index (χ1v) is 12.9. The fourth-order valence-electron chi connectivity index (χ4n) is 5.02. The molecule has 0 unspecified atom stereocenters. The Morgan fingerprint density at radius 1 is 0.868 bits per heavy atom. The lowest BCUT2D eigenvalue weighted by atomic mass is 10.1. The van der Waals surface area contributed by atoms with E-state index in [2.05, 4.69) is 38.3 Å². The van der Waals surface area contributed by atoms with Crippen molar-refractivity contribution >= 4 is 23.0 Å². The molecule has 1 fully saturated rings.